The Morgan fingerprint density at radius 1 is 1.45 bits per heavy atom. The smallest absolute Gasteiger partial charge is 0.411 e. The zero-order valence-electron chi connectivity index (χ0n) is 13.7. The van der Waals surface area contributed by atoms with Gasteiger partial charge in [0.25, 0.3) is 0 Å². The van der Waals surface area contributed by atoms with Crippen LogP contribution in [0.25, 0.3) is 0 Å². The van der Waals surface area contributed by atoms with E-state index in [0.29, 0.717) is 6.42 Å². The third kappa shape index (κ3) is 4.19. The third-order valence-corrected chi connectivity index (χ3v) is 3.87. The number of carbonyl (C=O) groups excluding carboxylic acids is 1. The molecule has 1 N–H and O–H groups in total. The van der Waals surface area contributed by atoms with Gasteiger partial charge in [-0.2, -0.15) is 0 Å². The van der Waals surface area contributed by atoms with Gasteiger partial charge in [-0.05, 0) is 58.1 Å². The molecule has 0 bridgehead atoms. The van der Waals surface area contributed by atoms with Crippen LogP contribution in [0.2, 0.25) is 0 Å². The van der Waals surface area contributed by atoms with Gasteiger partial charge in [-0.1, -0.05) is 6.07 Å². The normalized spacial score (nSPS) is 21.9. The number of aromatic nitrogens is 1. The highest BCUT2D eigenvalue weighted by Gasteiger charge is 2.39. The molecular weight excluding hydrogens is 280 g/mol. The van der Waals surface area contributed by atoms with Crippen molar-refractivity contribution in [1.82, 2.24) is 9.88 Å². The summed E-state index contributed by atoms with van der Waals surface area (Å²) in [7, 11) is 0. The molecule has 2 atom stereocenters. The van der Waals surface area contributed by atoms with Crippen LogP contribution in [-0.4, -0.2) is 39.3 Å². The van der Waals surface area contributed by atoms with E-state index < -0.39 is 5.60 Å². The first-order valence-corrected chi connectivity index (χ1v) is 7.94. The van der Waals surface area contributed by atoms with E-state index in [-0.39, 0.29) is 24.8 Å². The van der Waals surface area contributed by atoms with Crippen molar-refractivity contribution in [2.45, 2.75) is 64.1 Å². The summed E-state index contributed by atoms with van der Waals surface area (Å²) in [6.07, 6.45) is 6.60. The molecule has 2 heterocycles. The first kappa shape index (κ1) is 16.7. The van der Waals surface area contributed by atoms with Crippen LogP contribution in [0.4, 0.5) is 4.79 Å². The fraction of sp³-hybridized carbons (Fsp3) is 0.647. The second-order valence-electron chi connectivity index (χ2n) is 6.79. The molecule has 1 fully saturated rings. The standard InChI is InChI=1S/C17H26N2O3/c1-17(2,3)22-16(21)19-14(7-5-11-20)8-9-15(19)13-6-4-10-18-12-13/h4,6,10,12,14-15,20H,5,7-9,11H2,1-3H3/t14-,15-/m1/s1. The maximum atomic E-state index is 12.6. The van der Waals surface area contributed by atoms with Crippen LogP contribution < -0.4 is 0 Å². The lowest BCUT2D eigenvalue weighted by atomic mass is 10.1. The molecule has 0 saturated carbocycles. The van der Waals surface area contributed by atoms with Gasteiger partial charge in [-0.3, -0.25) is 9.88 Å². The van der Waals surface area contributed by atoms with Crippen LogP contribution in [0.15, 0.2) is 24.5 Å². The monoisotopic (exact) mass is 306 g/mol. The van der Waals surface area contributed by atoms with Crippen molar-refractivity contribution in [1.29, 1.82) is 0 Å². The van der Waals surface area contributed by atoms with Gasteiger partial charge in [-0.15, -0.1) is 0 Å². The van der Waals surface area contributed by atoms with Gasteiger partial charge >= 0.3 is 6.09 Å². The molecule has 1 amide bonds. The molecule has 0 aliphatic carbocycles. The third-order valence-electron chi connectivity index (χ3n) is 3.87. The van der Waals surface area contributed by atoms with Gasteiger partial charge < -0.3 is 9.84 Å². The zero-order chi connectivity index (χ0) is 16.2. The van der Waals surface area contributed by atoms with Crippen LogP contribution in [-0.2, 0) is 4.74 Å². The molecule has 5 heteroatoms. The van der Waals surface area contributed by atoms with E-state index in [1.807, 2.05) is 44.0 Å². The van der Waals surface area contributed by atoms with E-state index >= 15 is 0 Å². The number of amides is 1. The highest BCUT2D eigenvalue weighted by Crippen LogP contribution is 2.38. The Balaban J connectivity index is 2.20. The molecule has 1 aliphatic rings. The van der Waals surface area contributed by atoms with Gasteiger partial charge in [0.05, 0.1) is 6.04 Å². The Morgan fingerprint density at radius 2 is 2.23 bits per heavy atom. The maximum Gasteiger partial charge on any atom is 0.411 e. The number of carbonyl (C=O) groups is 1. The summed E-state index contributed by atoms with van der Waals surface area (Å²) >= 11 is 0. The maximum absolute atomic E-state index is 12.6. The predicted octanol–water partition coefficient (Wildman–Crippen LogP) is 3.29. The molecule has 1 aromatic heterocycles. The average Bonchev–Trinajstić information content (AvgIpc) is 2.88. The molecule has 22 heavy (non-hydrogen) atoms. The van der Waals surface area contributed by atoms with E-state index in [9.17, 15) is 4.79 Å². The Labute approximate surface area is 132 Å². The van der Waals surface area contributed by atoms with Gasteiger partial charge in [0.1, 0.15) is 5.60 Å². The number of aliphatic hydroxyl groups is 1. The number of likely N-dealkylation sites (tertiary alicyclic amines) is 1. The number of rotatable bonds is 4. The molecule has 1 saturated heterocycles. The highest BCUT2D eigenvalue weighted by atomic mass is 16.6. The van der Waals surface area contributed by atoms with Crippen molar-refractivity contribution in [3.05, 3.63) is 30.1 Å². The van der Waals surface area contributed by atoms with Crippen LogP contribution >= 0.6 is 0 Å². The van der Waals surface area contributed by atoms with Gasteiger partial charge in [0.15, 0.2) is 0 Å². The summed E-state index contributed by atoms with van der Waals surface area (Å²) in [5, 5.41) is 9.08. The summed E-state index contributed by atoms with van der Waals surface area (Å²) in [5.41, 5.74) is 0.528. The Bertz CT molecular complexity index is 484. The van der Waals surface area contributed by atoms with Crippen LogP contribution in [0.1, 0.15) is 58.1 Å². The van der Waals surface area contributed by atoms with Crippen molar-refractivity contribution in [2.24, 2.45) is 0 Å². The Kier molecular flexibility index (Phi) is 5.40. The summed E-state index contributed by atoms with van der Waals surface area (Å²) in [6, 6.07) is 4.02. The fourth-order valence-electron chi connectivity index (χ4n) is 2.98. The molecule has 1 aliphatic heterocycles. The van der Waals surface area contributed by atoms with E-state index in [2.05, 4.69) is 4.98 Å². The lowest BCUT2D eigenvalue weighted by Gasteiger charge is -2.32. The van der Waals surface area contributed by atoms with Crippen molar-refractivity contribution in [2.75, 3.05) is 6.61 Å². The highest BCUT2D eigenvalue weighted by molar-refractivity contribution is 5.69. The summed E-state index contributed by atoms with van der Waals surface area (Å²) < 4.78 is 5.59. The van der Waals surface area contributed by atoms with E-state index in [4.69, 9.17) is 9.84 Å². The average molecular weight is 306 g/mol. The Morgan fingerprint density at radius 3 is 2.82 bits per heavy atom. The minimum atomic E-state index is -0.513. The molecule has 2 rings (SSSR count). The number of hydrogen-bond acceptors (Lipinski definition) is 4. The molecule has 122 valence electrons. The van der Waals surface area contributed by atoms with E-state index in [1.54, 1.807) is 6.20 Å². The van der Waals surface area contributed by atoms with Gasteiger partial charge in [0, 0.05) is 25.0 Å². The number of hydrogen-bond donors (Lipinski definition) is 1. The van der Waals surface area contributed by atoms with Crippen molar-refractivity contribution in [3.63, 3.8) is 0 Å². The number of ether oxygens (including phenoxy) is 1. The molecule has 0 aromatic carbocycles. The van der Waals surface area contributed by atoms with Crippen LogP contribution in [0, 0.1) is 0 Å². The molecule has 0 radical (unpaired) electrons. The number of pyridine rings is 1. The second kappa shape index (κ2) is 7.09. The Hall–Kier alpha value is -1.62. The van der Waals surface area contributed by atoms with Crippen LogP contribution in [0.5, 0.6) is 0 Å². The fourth-order valence-corrected chi connectivity index (χ4v) is 2.98. The lowest BCUT2D eigenvalue weighted by molar-refractivity contribution is 0.0131. The molecule has 0 unspecified atom stereocenters. The summed E-state index contributed by atoms with van der Waals surface area (Å²) in [5.74, 6) is 0. The van der Waals surface area contributed by atoms with Crippen molar-refractivity contribution < 1.29 is 14.6 Å². The number of aliphatic hydroxyl groups excluding tert-OH is 1. The quantitative estimate of drug-likeness (QED) is 0.927. The lowest BCUT2D eigenvalue weighted by Crippen LogP contribution is -2.41. The predicted molar refractivity (Wildman–Crippen MR) is 84.4 cm³/mol. The van der Waals surface area contributed by atoms with Crippen molar-refractivity contribution >= 4 is 6.09 Å². The largest absolute Gasteiger partial charge is 0.444 e. The van der Waals surface area contributed by atoms with E-state index in [1.165, 1.54) is 0 Å². The number of nitrogens with zero attached hydrogens (tertiary/aromatic N) is 2. The minimum Gasteiger partial charge on any atom is -0.444 e. The van der Waals surface area contributed by atoms with E-state index in [0.717, 1.165) is 24.8 Å². The van der Waals surface area contributed by atoms with Crippen molar-refractivity contribution in [3.8, 4) is 0 Å². The first-order chi connectivity index (χ1) is 10.4. The van der Waals surface area contributed by atoms with Crippen LogP contribution in [0.3, 0.4) is 0 Å². The zero-order valence-corrected chi connectivity index (χ0v) is 13.7. The topological polar surface area (TPSA) is 62.7 Å². The second-order valence-corrected chi connectivity index (χ2v) is 6.79. The molecule has 5 nitrogen and oxygen atoms in total. The molecule has 0 spiro atoms. The summed E-state index contributed by atoms with van der Waals surface area (Å²) in [4.78, 5) is 18.7. The summed E-state index contributed by atoms with van der Waals surface area (Å²) in [6.45, 7) is 5.78. The SMILES string of the molecule is CC(C)(C)OC(=O)N1[C@H](CCCO)CC[C@@H]1c1cccnc1. The van der Waals surface area contributed by atoms with Gasteiger partial charge in [-0.25, -0.2) is 4.79 Å². The van der Waals surface area contributed by atoms with Gasteiger partial charge in [0.2, 0.25) is 0 Å². The first-order valence-electron chi connectivity index (χ1n) is 7.94. The molecule has 1 aromatic rings. The molecular formula is C17H26N2O3. The minimum absolute atomic E-state index is 0.00671.